The lowest BCUT2D eigenvalue weighted by Gasteiger charge is -2.15. The second-order valence-corrected chi connectivity index (χ2v) is 7.98. The summed E-state index contributed by atoms with van der Waals surface area (Å²) < 4.78 is 5.03. The van der Waals surface area contributed by atoms with Crippen LogP contribution in [0.15, 0.2) is 36.4 Å². The molecule has 25 heavy (non-hydrogen) atoms. The van der Waals surface area contributed by atoms with Crippen molar-refractivity contribution < 1.29 is 4.57 Å². The summed E-state index contributed by atoms with van der Waals surface area (Å²) in [5.74, 6) is 2.16. The molecule has 0 N–H and O–H groups in total. The van der Waals surface area contributed by atoms with E-state index in [2.05, 4.69) is 59.5 Å². The minimum atomic E-state index is 0.785. The average molecular weight is 331 g/mol. The molecule has 2 aliphatic rings. The van der Waals surface area contributed by atoms with E-state index in [1.807, 2.05) is 0 Å². The van der Waals surface area contributed by atoms with Gasteiger partial charge in [0.15, 0.2) is 11.0 Å². The van der Waals surface area contributed by atoms with Crippen LogP contribution in [0, 0.1) is 6.92 Å². The topological polar surface area (TPSA) is 8.81 Å². The van der Waals surface area contributed by atoms with Gasteiger partial charge in [0.05, 0.1) is 19.2 Å². The molecule has 0 saturated heterocycles. The third kappa shape index (κ3) is 2.27. The fraction of sp³-hybridized carbons (Fsp3) is 0.435. The van der Waals surface area contributed by atoms with Gasteiger partial charge in [-0.3, -0.25) is 0 Å². The number of benzene rings is 2. The van der Waals surface area contributed by atoms with E-state index in [1.165, 1.54) is 66.5 Å². The Morgan fingerprint density at radius 2 is 1.84 bits per heavy atom. The van der Waals surface area contributed by atoms with Crippen LogP contribution in [0.5, 0.6) is 0 Å². The Bertz CT molecular complexity index is 958. The molecule has 1 fully saturated rings. The van der Waals surface area contributed by atoms with E-state index in [-0.39, 0.29) is 0 Å². The molecule has 5 rings (SSSR count). The van der Waals surface area contributed by atoms with Gasteiger partial charge in [-0.15, -0.1) is 0 Å². The highest BCUT2D eigenvalue weighted by atomic mass is 15.2. The zero-order chi connectivity index (χ0) is 17.0. The normalized spacial score (nSPS) is 17.5. The summed E-state index contributed by atoms with van der Waals surface area (Å²) in [6, 6.07) is 13.9. The number of aryl methyl sites for hydroxylation is 4. The summed E-state index contributed by atoms with van der Waals surface area (Å²) >= 11 is 0. The van der Waals surface area contributed by atoms with Crippen molar-refractivity contribution in [2.24, 2.45) is 7.05 Å². The first kappa shape index (κ1) is 15.2. The van der Waals surface area contributed by atoms with Crippen LogP contribution in [-0.2, 0) is 20.0 Å². The molecule has 128 valence electrons. The van der Waals surface area contributed by atoms with Gasteiger partial charge in [-0.1, -0.05) is 37.1 Å². The van der Waals surface area contributed by atoms with Crippen LogP contribution in [-0.4, -0.2) is 4.57 Å². The fourth-order valence-corrected chi connectivity index (χ4v) is 5.15. The van der Waals surface area contributed by atoms with Crippen molar-refractivity contribution in [3.05, 3.63) is 53.1 Å². The van der Waals surface area contributed by atoms with Crippen molar-refractivity contribution in [3.63, 3.8) is 0 Å². The first-order valence-electron chi connectivity index (χ1n) is 9.85. The highest BCUT2D eigenvalue weighted by Gasteiger charge is 2.31. The highest BCUT2D eigenvalue weighted by molar-refractivity contribution is 5.81. The Balaban J connectivity index is 1.79. The summed E-state index contributed by atoms with van der Waals surface area (Å²) in [5.41, 5.74) is 8.80. The SMILES string of the molecule is Cc1ccccc1-c1n(C)c2cc(C3CCCC3)cc3c2[n+]1CCC3. The van der Waals surface area contributed by atoms with Crippen molar-refractivity contribution in [2.75, 3.05) is 0 Å². The highest BCUT2D eigenvalue weighted by Crippen LogP contribution is 2.38. The predicted molar refractivity (Wildman–Crippen MR) is 103 cm³/mol. The van der Waals surface area contributed by atoms with Gasteiger partial charge < -0.3 is 0 Å². The molecule has 0 bridgehead atoms. The summed E-state index contributed by atoms with van der Waals surface area (Å²) in [7, 11) is 2.26. The number of aromatic nitrogens is 2. The van der Waals surface area contributed by atoms with Gasteiger partial charge in [0.25, 0.3) is 5.82 Å². The molecule has 1 aromatic heterocycles. The maximum absolute atomic E-state index is 2.58. The monoisotopic (exact) mass is 331 g/mol. The van der Waals surface area contributed by atoms with Crippen LogP contribution in [0.3, 0.4) is 0 Å². The second-order valence-electron chi connectivity index (χ2n) is 7.98. The number of rotatable bonds is 2. The van der Waals surface area contributed by atoms with E-state index in [1.54, 1.807) is 11.1 Å². The Morgan fingerprint density at radius 3 is 2.64 bits per heavy atom. The van der Waals surface area contributed by atoms with Crippen molar-refractivity contribution in [3.8, 4) is 11.4 Å². The molecule has 2 heterocycles. The van der Waals surface area contributed by atoms with Crippen LogP contribution < -0.4 is 4.57 Å². The van der Waals surface area contributed by atoms with E-state index < -0.39 is 0 Å². The molecule has 0 spiro atoms. The first-order valence-corrected chi connectivity index (χ1v) is 9.85. The summed E-state index contributed by atoms with van der Waals surface area (Å²) in [6.07, 6.45) is 8.04. The van der Waals surface area contributed by atoms with E-state index >= 15 is 0 Å². The Morgan fingerprint density at radius 1 is 1.04 bits per heavy atom. The van der Waals surface area contributed by atoms with Gasteiger partial charge in [-0.2, -0.15) is 0 Å². The van der Waals surface area contributed by atoms with Gasteiger partial charge >= 0.3 is 0 Å². The van der Waals surface area contributed by atoms with Gasteiger partial charge in [0.1, 0.15) is 0 Å². The summed E-state index contributed by atoms with van der Waals surface area (Å²) in [5, 5.41) is 0. The largest absolute Gasteiger partial charge is 0.289 e. The van der Waals surface area contributed by atoms with Gasteiger partial charge in [0.2, 0.25) is 0 Å². The maximum atomic E-state index is 2.58. The van der Waals surface area contributed by atoms with Gasteiger partial charge in [-0.05, 0) is 61.8 Å². The molecule has 3 aromatic rings. The number of hydrogen-bond donors (Lipinski definition) is 0. The Hall–Kier alpha value is -2.09. The maximum Gasteiger partial charge on any atom is 0.289 e. The zero-order valence-corrected chi connectivity index (χ0v) is 15.4. The van der Waals surface area contributed by atoms with Crippen molar-refractivity contribution >= 4 is 11.0 Å². The Kier molecular flexibility index (Phi) is 3.48. The molecule has 0 radical (unpaired) electrons. The number of imidazole rings is 1. The van der Waals surface area contributed by atoms with Crippen LogP contribution in [0.2, 0.25) is 0 Å². The van der Waals surface area contributed by atoms with E-state index in [0.717, 1.165) is 12.5 Å². The summed E-state index contributed by atoms with van der Waals surface area (Å²) in [6.45, 7) is 3.37. The zero-order valence-electron chi connectivity index (χ0n) is 15.4. The van der Waals surface area contributed by atoms with E-state index in [0.29, 0.717) is 0 Å². The molecule has 0 atom stereocenters. The molecule has 2 heteroatoms. The Labute approximate surface area is 150 Å². The van der Waals surface area contributed by atoms with Crippen molar-refractivity contribution in [1.29, 1.82) is 0 Å². The summed E-state index contributed by atoms with van der Waals surface area (Å²) in [4.78, 5) is 0. The van der Waals surface area contributed by atoms with E-state index in [4.69, 9.17) is 0 Å². The lowest BCUT2D eigenvalue weighted by Crippen LogP contribution is -2.39. The number of hydrogen-bond acceptors (Lipinski definition) is 0. The van der Waals surface area contributed by atoms with Crippen LogP contribution in [0.4, 0.5) is 0 Å². The standard InChI is InChI=1S/C23H27N2/c1-16-8-3-6-12-20(16)23-24(2)21-15-19(17-9-4-5-10-17)14-18-11-7-13-25(23)22(18)21/h3,6,8,12,14-15,17H,4-5,7,9-11,13H2,1-2H3/q+1. The average Bonchev–Trinajstić information content (AvgIpc) is 3.25. The molecule has 1 saturated carbocycles. The molecule has 1 aliphatic heterocycles. The third-order valence-electron chi connectivity index (χ3n) is 6.44. The smallest absolute Gasteiger partial charge is 0.226 e. The molecular formula is C23H27N2+. The minimum Gasteiger partial charge on any atom is -0.226 e. The van der Waals surface area contributed by atoms with Gasteiger partial charge in [0, 0.05) is 5.56 Å². The lowest BCUT2D eigenvalue weighted by atomic mass is 9.93. The van der Waals surface area contributed by atoms with Gasteiger partial charge in [-0.25, -0.2) is 9.13 Å². The number of nitrogens with zero attached hydrogens (tertiary/aromatic N) is 2. The minimum absolute atomic E-state index is 0.785. The predicted octanol–water partition coefficient (Wildman–Crippen LogP) is 5.05. The van der Waals surface area contributed by atoms with Crippen molar-refractivity contribution in [2.45, 2.75) is 57.9 Å². The molecule has 2 aromatic carbocycles. The molecule has 0 amide bonds. The molecule has 1 aliphatic carbocycles. The molecule has 2 nitrogen and oxygen atoms in total. The van der Waals surface area contributed by atoms with Crippen LogP contribution in [0.1, 0.15) is 54.7 Å². The molecule has 0 unspecified atom stereocenters. The van der Waals surface area contributed by atoms with E-state index in [9.17, 15) is 0 Å². The van der Waals surface area contributed by atoms with Crippen molar-refractivity contribution in [1.82, 2.24) is 4.57 Å². The fourth-order valence-electron chi connectivity index (χ4n) is 5.15. The third-order valence-corrected chi connectivity index (χ3v) is 6.44. The van der Waals surface area contributed by atoms with Crippen LogP contribution in [0.25, 0.3) is 22.4 Å². The second kappa shape index (κ2) is 5.72. The van der Waals surface area contributed by atoms with Crippen LogP contribution >= 0.6 is 0 Å². The molecular weight excluding hydrogens is 304 g/mol. The lowest BCUT2D eigenvalue weighted by molar-refractivity contribution is -0.664. The quantitative estimate of drug-likeness (QED) is 0.581. The first-order chi connectivity index (χ1) is 12.2.